The number of H-pyrrole nitrogens is 1. The lowest BCUT2D eigenvalue weighted by atomic mass is 9.93. The predicted octanol–water partition coefficient (Wildman–Crippen LogP) is 4.69. The summed E-state index contributed by atoms with van der Waals surface area (Å²) in [5, 5.41) is 18.6. The standard InChI is InChI=1S/C24H26N4O4/c1-15(2)16-8-10-17(11-9-16)23-20-21(18-6-4-7-19(14-18)28(30)31)25-26-22(20)24(29)27(23)12-5-13-32-3/h4,6-11,14-15,23H,5,12-13H2,1-3H3,(H,25,26). The van der Waals surface area contributed by atoms with Gasteiger partial charge >= 0.3 is 0 Å². The number of hydrogen-bond donors (Lipinski definition) is 1. The highest BCUT2D eigenvalue weighted by molar-refractivity contribution is 6.00. The molecule has 0 spiro atoms. The van der Waals surface area contributed by atoms with E-state index in [4.69, 9.17) is 4.74 Å². The SMILES string of the molecule is COCCCN1C(=O)c2[nH]nc(-c3cccc([N+](=O)[O-])c3)c2C1c1ccc(C(C)C)cc1. The molecule has 0 saturated heterocycles. The van der Waals surface area contributed by atoms with Gasteiger partial charge in [0.2, 0.25) is 0 Å². The summed E-state index contributed by atoms with van der Waals surface area (Å²) >= 11 is 0. The van der Waals surface area contributed by atoms with Crippen LogP contribution in [0.2, 0.25) is 0 Å². The fourth-order valence-electron chi connectivity index (χ4n) is 4.20. The monoisotopic (exact) mass is 434 g/mol. The zero-order chi connectivity index (χ0) is 22.8. The first kappa shape index (κ1) is 21.7. The van der Waals surface area contributed by atoms with Crippen LogP contribution in [0.4, 0.5) is 5.69 Å². The minimum absolute atomic E-state index is 0.0154. The summed E-state index contributed by atoms with van der Waals surface area (Å²) in [5.74, 6) is 0.273. The summed E-state index contributed by atoms with van der Waals surface area (Å²) in [6.45, 7) is 5.35. The van der Waals surface area contributed by atoms with Crippen molar-refractivity contribution in [1.82, 2.24) is 15.1 Å². The molecule has 1 N–H and O–H groups in total. The Kier molecular flexibility index (Phi) is 6.05. The molecule has 1 unspecified atom stereocenters. The van der Waals surface area contributed by atoms with Crippen LogP contribution in [0, 0.1) is 10.1 Å². The molecular formula is C24H26N4O4. The quantitative estimate of drug-likeness (QED) is 0.315. The van der Waals surface area contributed by atoms with Gasteiger partial charge in [-0.25, -0.2) is 0 Å². The van der Waals surface area contributed by atoms with Gasteiger partial charge < -0.3 is 9.64 Å². The molecule has 2 heterocycles. The normalized spacial score (nSPS) is 15.4. The van der Waals surface area contributed by atoms with Gasteiger partial charge in [-0.15, -0.1) is 0 Å². The van der Waals surface area contributed by atoms with Crippen molar-refractivity contribution in [2.45, 2.75) is 32.2 Å². The van der Waals surface area contributed by atoms with Crippen LogP contribution < -0.4 is 0 Å². The molecule has 3 aromatic rings. The minimum Gasteiger partial charge on any atom is -0.385 e. The van der Waals surface area contributed by atoms with Crippen LogP contribution in [0.25, 0.3) is 11.3 Å². The van der Waals surface area contributed by atoms with Gasteiger partial charge in [0.05, 0.1) is 16.7 Å². The molecule has 0 fully saturated rings. The van der Waals surface area contributed by atoms with Crippen LogP contribution in [-0.4, -0.2) is 46.2 Å². The van der Waals surface area contributed by atoms with E-state index >= 15 is 0 Å². The van der Waals surface area contributed by atoms with E-state index in [0.29, 0.717) is 42.4 Å². The first-order chi connectivity index (χ1) is 15.4. The molecule has 1 aliphatic heterocycles. The van der Waals surface area contributed by atoms with Gasteiger partial charge in [0.1, 0.15) is 5.69 Å². The Morgan fingerprint density at radius 1 is 1.22 bits per heavy atom. The van der Waals surface area contributed by atoms with Crippen LogP contribution in [0.5, 0.6) is 0 Å². The second-order valence-electron chi connectivity index (χ2n) is 8.24. The number of carbonyl (C=O) groups excluding carboxylic acids is 1. The molecule has 2 aromatic carbocycles. The molecule has 4 rings (SSSR count). The number of fused-ring (bicyclic) bond motifs is 1. The number of aromatic amines is 1. The van der Waals surface area contributed by atoms with E-state index in [1.165, 1.54) is 17.7 Å². The Bertz CT molecular complexity index is 1140. The lowest BCUT2D eigenvalue weighted by Gasteiger charge is -2.26. The highest BCUT2D eigenvalue weighted by Gasteiger charge is 2.42. The maximum absolute atomic E-state index is 13.3. The largest absolute Gasteiger partial charge is 0.385 e. The molecule has 166 valence electrons. The van der Waals surface area contributed by atoms with E-state index < -0.39 is 4.92 Å². The molecule has 0 aliphatic carbocycles. The third-order valence-electron chi connectivity index (χ3n) is 5.86. The number of aromatic nitrogens is 2. The van der Waals surface area contributed by atoms with Gasteiger partial charge in [0.15, 0.2) is 0 Å². The van der Waals surface area contributed by atoms with Crippen molar-refractivity contribution in [1.29, 1.82) is 0 Å². The lowest BCUT2D eigenvalue weighted by molar-refractivity contribution is -0.384. The number of nitrogens with one attached hydrogen (secondary N) is 1. The van der Waals surface area contributed by atoms with Crippen LogP contribution >= 0.6 is 0 Å². The molecule has 1 aromatic heterocycles. The first-order valence-electron chi connectivity index (χ1n) is 10.6. The molecule has 0 saturated carbocycles. The van der Waals surface area contributed by atoms with Crippen molar-refractivity contribution in [3.63, 3.8) is 0 Å². The Morgan fingerprint density at radius 3 is 2.62 bits per heavy atom. The van der Waals surface area contributed by atoms with Crippen molar-refractivity contribution >= 4 is 11.6 Å². The zero-order valence-corrected chi connectivity index (χ0v) is 18.4. The number of rotatable bonds is 8. The third-order valence-corrected chi connectivity index (χ3v) is 5.86. The van der Waals surface area contributed by atoms with E-state index in [1.54, 1.807) is 19.2 Å². The number of benzene rings is 2. The predicted molar refractivity (Wildman–Crippen MR) is 121 cm³/mol. The number of nitro benzene ring substituents is 1. The molecule has 8 heteroatoms. The van der Waals surface area contributed by atoms with Gasteiger partial charge in [0, 0.05) is 43.5 Å². The van der Waals surface area contributed by atoms with Crippen molar-refractivity contribution < 1.29 is 14.5 Å². The number of non-ortho nitro benzene ring substituents is 1. The summed E-state index contributed by atoms with van der Waals surface area (Å²) in [6.07, 6.45) is 0.701. The molecule has 0 radical (unpaired) electrons. The molecule has 8 nitrogen and oxygen atoms in total. The van der Waals surface area contributed by atoms with Crippen LogP contribution in [0.1, 0.15) is 59.4 Å². The maximum Gasteiger partial charge on any atom is 0.273 e. The summed E-state index contributed by atoms with van der Waals surface area (Å²) in [5.41, 5.74) is 4.53. The van der Waals surface area contributed by atoms with E-state index in [2.05, 4.69) is 48.3 Å². The number of amides is 1. The smallest absolute Gasteiger partial charge is 0.273 e. The van der Waals surface area contributed by atoms with Crippen molar-refractivity contribution in [3.05, 3.63) is 81.0 Å². The second kappa shape index (κ2) is 8.92. The van der Waals surface area contributed by atoms with Crippen molar-refractivity contribution in [2.75, 3.05) is 20.3 Å². The van der Waals surface area contributed by atoms with Gasteiger partial charge in [-0.05, 0) is 23.5 Å². The highest BCUT2D eigenvalue weighted by Crippen LogP contribution is 2.43. The van der Waals surface area contributed by atoms with E-state index in [-0.39, 0.29) is 17.6 Å². The number of nitrogens with zero attached hydrogens (tertiary/aromatic N) is 3. The number of ether oxygens (including phenoxy) is 1. The molecular weight excluding hydrogens is 408 g/mol. The van der Waals surface area contributed by atoms with Crippen LogP contribution in [0.3, 0.4) is 0 Å². The lowest BCUT2D eigenvalue weighted by Crippen LogP contribution is -2.31. The summed E-state index contributed by atoms with van der Waals surface area (Å²) in [7, 11) is 1.64. The van der Waals surface area contributed by atoms with Gasteiger partial charge in [-0.3, -0.25) is 20.0 Å². The highest BCUT2D eigenvalue weighted by atomic mass is 16.6. The molecule has 1 amide bonds. The van der Waals surface area contributed by atoms with Crippen LogP contribution in [-0.2, 0) is 4.74 Å². The zero-order valence-electron chi connectivity index (χ0n) is 18.4. The fraction of sp³-hybridized carbons (Fsp3) is 0.333. The van der Waals surface area contributed by atoms with Crippen molar-refractivity contribution in [3.8, 4) is 11.3 Å². The minimum atomic E-state index is -0.430. The van der Waals surface area contributed by atoms with Gasteiger partial charge in [-0.1, -0.05) is 50.2 Å². The Morgan fingerprint density at radius 2 is 1.97 bits per heavy atom. The molecule has 1 aliphatic rings. The number of nitro groups is 1. The third kappa shape index (κ3) is 3.89. The fourth-order valence-corrected chi connectivity index (χ4v) is 4.20. The second-order valence-corrected chi connectivity index (χ2v) is 8.24. The van der Waals surface area contributed by atoms with Gasteiger partial charge in [0.25, 0.3) is 11.6 Å². The summed E-state index contributed by atoms with van der Waals surface area (Å²) < 4.78 is 5.19. The Balaban J connectivity index is 1.81. The van der Waals surface area contributed by atoms with E-state index in [1.807, 2.05) is 4.90 Å². The average Bonchev–Trinajstić information content (AvgIpc) is 3.33. The summed E-state index contributed by atoms with van der Waals surface area (Å²) in [4.78, 5) is 26.0. The topological polar surface area (TPSA) is 101 Å². The number of methoxy groups -OCH3 is 1. The van der Waals surface area contributed by atoms with E-state index in [0.717, 1.165) is 11.1 Å². The molecule has 32 heavy (non-hydrogen) atoms. The van der Waals surface area contributed by atoms with Gasteiger partial charge in [-0.2, -0.15) is 5.10 Å². The molecule has 0 bridgehead atoms. The van der Waals surface area contributed by atoms with E-state index in [9.17, 15) is 14.9 Å². The van der Waals surface area contributed by atoms with Crippen molar-refractivity contribution in [2.24, 2.45) is 0 Å². The average molecular weight is 434 g/mol. The maximum atomic E-state index is 13.3. The number of hydrogen-bond acceptors (Lipinski definition) is 5. The Labute approximate surface area is 186 Å². The molecule has 1 atom stereocenters. The van der Waals surface area contributed by atoms with Crippen LogP contribution in [0.15, 0.2) is 48.5 Å². The Hall–Kier alpha value is -3.52. The number of carbonyl (C=O) groups is 1. The first-order valence-corrected chi connectivity index (χ1v) is 10.6. The summed E-state index contributed by atoms with van der Waals surface area (Å²) in [6, 6.07) is 14.3.